The lowest BCUT2D eigenvalue weighted by Crippen LogP contribution is -2.21. The van der Waals surface area contributed by atoms with E-state index in [4.69, 9.17) is 0 Å². The number of sulfone groups is 1. The van der Waals surface area contributed by atoms with Crippen LogP contribution in [0.25, 0.3) is 6.08 Å². The van der Waals surface area contributed by atoms with E-state index in [1.54, 1.807) is 13.8 Å². The van der Waals surface area contributed by atoms with E-state index in [1.807, 2.05) is 30.3 Å². The van der Waals surface area contributed by atoms with Crippen LogP contribution in [0, 0.1) is 17.2 Å². The first kappa shape index (κ1) is 23.5. The summed E-state index contributed by atoms with van der Waals surface area (Å²) in [5.41, 5.74) is 1.64. The second-order valence-electron chi connectivity index (χ2n) is 6.94. The van der Waals surface area contributed by atoms with Gasteiger partial charge in [-0.2, -0.15) is 5.26 Å². The summed E-state index contributed by atoms with van der Waals surface area (Å²) in [7, 11) is -3.55. The number of carbonyl (C=O) groups excluding carboxylic acids is 1. The van der Waals surface area contributed by atoms with Gasteiger partial charge >= 0.3 is 0 Å². The zero-order chi connectivity index (χ0) is 22.3. The Kier molecular flexibility index (Phi) is 8.08. The van der Waals surface area contributed by atoms with Crippen LogP contribution in [0.3, 0.4) is 0 Å². The Hall–Kier alpha value is -2.77. The molecule has 0 bridgehead atoms. The number of nitrogens with zero attached hydrogens (tertiary/aromatic N) is 4. The molecule has 10 heteroatoms. The van der Waals surface area contributed by atoms with E-state index in [0.717, 1.165) is 30.1 Å². The van der Waals surface area contributed by atoms with Crippen LogP contribution in [-0.2, 0) is 14.6 Å². The number of hydrogen-bond acceptors (Lipinski definition) is 8. The Bertz CT molecular complexity index is 1050. The second-order valence-corrected chi connectivity index (χ2v) is 10.1. The number of rotatable bonds is 9. The summed E-state index contributed by atoms with van der Waals surface area (Å²) in [4.78, 5) is 14.6. The number of nitrogens with one attached hydrogen (secondary N) is 1. The number of amides is 1. The molecule has 160 valence electrons. The predicted octanol–water partition coefficient (Wildman–Crippen LogP) is 3.36. The van der Waals surface area contributed by atoms with E-state index in [0.29, 0.717) is 5.56 Å². The van der Waals surface area contributed by atoms with Gasteiger partial charge in [0.05, 0.1) is 5.75 Å². The molecule has 1 aromatic carbocycles. The van der Waals surface area contributed by atoms with Crippen molar-refractivity contribution in [2.75, 3.05) is 29.1 Å². The number of aromatic nitrogens is 2. The van der Waals surface area contributed by atoms with E-state index < -0.39 is 15.7 Å². The molecule has 0 unspecified atom stereocenters. The van der Waals surface area contributed by atoms with Gasteiger partial charge in [0.2, 0.25) is 19.3 Å². The van der Waals surface area contributed by atoms with Gasteiger partial charge in [-0.15, -0.1) is 10.2 Å². The molecule has 1 amide bonds. The molecule has 2 aromatic rings. The van der Waals surface area contributed by atoms with Crippen molar-refractivity contribution < 1.29 is 13.2 Å². The van der Waals surface area contributed by atoms with Crippen LogP contribution in [0.4, 0.5) is 10.8 Å². The first-order valence-electron chi connectivity index (χ1n) is 9.54. The number of hydrogen-bond donors (Lipinski definition) is 1. The summed E-state index contributed by atoms with van der Waals surface area (Å²) in [6.07, 6.45) is 1.47. The minimum Gasteiger partial charge on any atom is -0.372 e. The smallest absolute Gasteiger partial charge is 0.268 e. The first-order valence-corrected chi connectivity index (χ1v) is 12.0. The minimum absolute atomic E-state index is 0.0281. The summed E-state index contributed by atoms with van der Waals surface area (Å²) in [6, 6.07) is 9.40. The number of nitriles is 1. The van der Waals surface area contributed by atoms with E-state index in [1.165, 1.54) is 6.08 Å². The normalized spacial score (nSPS) is 11.9. The molecule has 0 aliphatic carbocycles. The van der Waals surface area contributed by atoms with E-state index >= 15 is 0 Å². The summed E-state index contributed by atoms with van der Waals surface area (Å²) >= 11 is 0.770. The van der Waals surface area contributed by atoms with Gasteiger partial charge in [0, 0.05) is 18.8 Å². The van der Waals surface area contributed by atoms with Crippen molar-refractivity contribution >= 4 is 44.0 Å². The third-order valence-electron chi connectivity index (χ3n) is 4.14. The largest absolute Gasteiger partial charge is 0.372 e. The molecule has 0 radical (unpaired) electrons. The molecule has 1 heterocycles. The fourth-order valence-corrected chi connectivity index (χ4v) is 5.35. The van der Waals surface area contributed by atoms with Crippen LogP contribution in [0.1, 0.15) is 33.3 Å². The topological polar surface area (TPSA) is 116 Å². The van der Waals surface area contributed by atoms with Gasteiger partial charge < -0.3 is 4.90 Å². The third-order valence-corrected chi connectivity index (χ3v) is 7.51. The van der Waals surface area contributed by atoms with E-state index in [2.05, 4.69) is 34.3 Å². The maximum Gasteiger partial charge on any atom is 0.268 e. The molecular formula is C20H25N5O3S2. The Morgan fingerprint density at radius 3 is 2.40 bits per heavy atom. The molecule has 0 atom stereocenters. The van der Waals surface area contributed by atoms with Crippen molar-refractivity contribution in [1.82, 2.24) is 10.2 Å². The number of anilines is 2. The minimum atomic E-state index is -3.55. The Morgan fingerprint density at radius 1 is 1.23 bits per heavy atom. The zero-order valence-corrected chi connectivity index (χ0v) is 19.0. The highest BCUT2D eigenvalue weighted by molar-refractivity contribution is 7.93. The molecule has 30 heavy (non-hydrogen) atoms. The van der Waals surface area contributed by atoms with Gasteiger partial charge in [-0.05, 0) is 43.5 Å². The molecular weight excluding hydrogens is 422 g/mol. The van der Waals surface area contributed by atoms with Crippen molar-refractivity contribution in [2.45, 2.75) is 32.0 Å². The Balaban J connectivity index is 2.15. The molecule has 1 N–H and O–H groups in total. The van der Waals surface area contributed by atoms with Crippen molar-refractivity contribution in [2.24, 2.45) is 5.92 Å². The molecule has 0 spiro atoms. The lowest BCUT2D eigenvalue weighted by molar-refractivity contribution is -0.112. The standard InChI is InChI=1S/C20H25N5O3S2/c1-5-25(6-2)17-9-7-15(8-10-17)11-16(12-21)18(26)22-19-23-24-20(29-19)30(27,28)13-14(3)4/h7-11,14H,5-6,13H2,1-4H3,(H,22,23,26)/b16-11-. The van der Waals surface area contributed by atoms with Gasteiger partial charge in [-0.3, -0.25) is 10.1 Å². The zero-order valence-electron chi connectivity index (χ0n) is 17.4. The van der Waals surface area contributed by atoms with Crippen molar-refractivity contribution in [3.8, 4) is 6.07 Å². The molecule has 0 aliphatic heterocycles. The Morgan fingerprint density at radius 2 is 1.87 bits per heavy atom. The van der Waals surface area contributed by atoms with Crippen LogP contribution in [-0.4, -0.2) is 43.4 Å². The monoisotopic (exact) mass is 447 g/mol. The molecule has 0 saturated carbocycles. The maximum absolute atomic E-state index is 12.4. The molecule has 1 aromatic heterocycles. The van der Waals surface area contributed by atoms with Crippen molar-refractivity contribution in [1.29, 1.82) is 5.26 Å². The third kappa shape index (κ3) is 6.11. The second kappa shape index (κ2) is 10.3. The van der Waals surface area contributed by atoms with Gasteiger partial charge in [0.25, 0.3) is 5.91 Å². The van der Waals surface area contributed by atoms with Gasteiger partial charge in [0.1, 0.15) is 11.6 Å². The highest BCUT2D eigenvalue weighted by atomic mass is 32.2. The van der Waals surface area contributed by atoms with Crippen LogP contribution >= 0.6 is 11.3 Å². The summed E-state index contributed by atoms with van der Waals surface area (Å²) in [5, 5.41) is 19.2. The molecule has 2 rings (SSSR count). The van der Waals surface area contributed by atoms with Crippen molar-refractivity contribution in [3.63, 3.8) is 0 Å². The predicted molar refractivity (Wildman–Crippen MR) is 119 cm³/mol. The highest BCUT2D eigenvalue weighted by Gasteiger charge is 2.22. The van der Waals surface area contributed by atoms with Crippen LogP contribution in [0.2, 0.25) is 0 Å². The highest BCUT2D eigenvalue weighted by Crippen LogP contribution is 2.23. The van der Waals surface area contributed by atoms with Crippen LogP contribution < -0.4 is 10.2 Å². The van der Waals surface area contributed by atoms with Crippen LogP contribution in [0.15, 0.2) is 34.2 Å². The average Bonchev–Trinajstić information content (AvgIpc) is 3.16. The maximum atomic E-state index is 12.4. The van der Waals surface area contributed by atoms with E-state index in [9.17, 15) is 18.5 Å². The van der Waals surface area contributed by atoms with Gasteiger partial charge in [-0.25, -0.2) is 8.42 Å². The number of carbonyl (C=O) groups is 1. The first-order chi connectivity index (χ1) is 14.2. The average molecular weight is 448 g/mol. The van der Waals surface area contributed by atoms with Gasteiger partial charge in [0.15, 0.2) is 0 Å². The summed E-state index contributed by atoms with van der Waals surface area (Å²) < 4.78 is 24.3. The summed E-state index contributed by atoms with van der Waals surface area (Å²) in [6.45, 7) is 9.49. The quantitative estimate of drug-likeness (QED) is 0.356. The van der Waals surface area contributed by atoms with E-state index in [-0.39, 0.29) is 26.7 Å². The lowest BCUT2D eigenvalue weighted by atomic mass is 10.1. The Labute approximate surface area is 181 Å². The molecule has 0 aliphatic rings. The summed E-state index contributed by atoms with van der Waals surface area (Å²) in [5.74, 6) is -0.782. The fraction of sp³-hybridized carbons (Fsp3) is 0.400. The van der Waals surface area contributed by atoms with Crippen molar-refractivity contribution in [3.05, 3.63) is 35.4 Å². The fourth-order valence-electron chi connectivity index (χ4n) is 2.75. The van der Waals surface area contributed by atoms with Crippen LogP contribution in [0.5, 0.6) is 0 Å². The van der Waals surface area contributed by atoms with Gasteiger partial charge in [-0.1, -0.05) is 37.3 Å². The SMILES string of the molecule is CCN(CC)c1ccc(/C=C(/C#N)C(=O)Nc2nnc(S(=O)(=O)CC(C)C)s2)cc1. The lowest BCUT2D eigenvalue weighted by Gasteiger charge is -2.20. The molecule has 8 nitrogen and oxygen atoms in total. The molecule has 0 fully saturated rings. The molecule has 0 saturated heterocycles. The number of benzene rings is 1.